The van der Waals surface area contributed by atoms with Gasteiger partial charge in [-0.25, -0.2) is 0 Å². The van der Waals surface area contributed by atoms with Gasteiger partial charge in [0.25, 0.3) is 0 Å². The molecule has 2 aliphatic rings. The van der Waals surface area contributed by atoms with Gasteiger partial charge in [0, 0.05) is 30.6 Å². The number of Topliss-reactive ketones (excluding diaryl/α,β-unsaturated/α-hetero) is 1. The molecule has 496 valence electrons. The Morgan fingerprint density at radius 3 is 1.51 bits per heavy atom. The van der Waals surface area contributed by atoms with Crippen LogP contribution in [0.1, 0.15) is 305 Å². The van der Waals surface area contributed by atoms with Gasteiger partial charge in [-0.05, 0) is 68.3 Å². The van der Waals surface area contributed by atoms with Crippen molar-refractivity contribution >= 4 is 33.9 Å². The van der Waals surface area contributed by atoms with Gasteiger partial charge in [-0.15, -0.1) is 13.9 Å². The largest absolute Gasteiger partial charge is 0.695 e. The van der Waals surface area contributed by atoms with Crippen LogP contribution in [0.2, 0.25) is 0 Å². The molecule has 0 aromatic rings. The third-order valence-corrected chi connectivity index (χ3v) is 17.8. The molecule has 0 spiro atoms. The van der Waals surface area contributed by atoms with Crippen LogP contribution in [0, 0.1) is 5.92 Å². The first-order valence-corrected chi connectivity index (χ1v) is 37.5. The fourth-order valence-electron chi connectivity index (χ4n) is 11.6. The highest BCUT2D eigenvalue weighted by Gasteiger charge is 2.54. The van der Waals surface area contributed by atoms with Crippen molar-refractivity contribution in [1.29, 1.82) is 0 Å². The van der Waals surface area contributed by atoms with Crippen LogP contribution in [0.4, 0.5) is 0 Å². The Labute approximate surface area is 519 Å². The minimum absolute atomic E-state index is 0.194. The molecule has 0 bridgehead atoms. The molecule has 13 unspecified atom stereocenters. The minimum Gasteiger partial charge on any atom is -0.388 e. The van der Waals surface area contributed by atoms with E-state index >= 15 is 0 Å². The number of aliphatic hydroxyl groups excluding tert-OH is 1. The second-order valence-corrected chi connectivity index (χ2v) is 26.5. The predicted octanol–water partition coefficient (Wildman–Crippen LogP) is 16.8. The number of ether oxygens (including phenoxy) is 5. The van der Waals surface area contributed by atoms with Crippen LogP contribution in [0.15, 0.2) is 12.2 Å². The lowest BCUT2D eigenvalue weighted by atomic mass is 9.94. The number of ketones is 1. The molecule has 2 aliphatic heterocycles. The van der Waals surface area contributed by atoms with E-state index in [0.29, 0.717) is 38.2 Å². The van der Waals surface area contributed by atoms with Crippen LogP contribution in [0.5, 0.6) is 0 Å². The van der Waals surface area contributed by atoms with Crippen molar-refractivity contribution in [2.24, 2.45) is 5.92 Å². The molecule has 85 heavy (non-hydrogen) atoms. The zero-order valence-electron chi connectivity index (χ0n) is 54.8. The van der Waals surface area contributed by atoms with Gasteiger partial charge in [0.2, 0.25) is 18.1 Å². The summed E-state index contributed by atoms with van der Waals surface area (Å²) in [6.07, 6.45) is 36.8. The normalized spacial score (nSPS) is 23.3. The van der Waals surface area contributed by atoms with Crippen molar-refractivity contribution < 1.29 is 66.2 Å². The average Bonchev–Trinajstić information content (AvgIpc) is 1.94. The second-order valence-electron chi connectivity index (χ2n) is 24.7. The van der Waals surface area contributed by atoms with Gasteiger partial charge in [0.05, 0.1) is 19.1 Å². The standard InChI is InChI=1S/C67H124N2O14P2/c1-8-13-17-21-24-27-28-29-30-31-32-34-36-40-44-48-58(71)68-61-65(78-51-49-54(6)46-42-38-20-16-11-4)63(82-85(75)76)56(12-5)80-66(61)79-53-57-62(73)64(77-50-45-41-37-26-23-19-15-10-3)60(67(81-57)83-84(7)74)69-59(72)52-55(70)47-43-39-35-33-25-22-18-14-9-2/h27-28,54,56-57,60-67,73H,8-26,29-53H2,1-7H3,(H-2,68,69,71,72,75,76)/p+2/b28-27-. The molecule has 2 rings (SSSR count). The topological polar surface area (TPSA) is 214 Å². The lowest BCUT2D eigenvalue weighted by Crippen LogP contribution is -2.67. The predicted molar refractivity (Wildman–Crippen MR) is 343 cm³/mol. The fraction of sp³-hybridized carbons (Fsp3) is 0.925. The van der Waals surface area contributed by atoms with Crippen LogP contribution in [0.3, 0.4) is 0 Å². The van der Waals surface area contributed by atoms with Crippen molar-refractivity contribution in [2.75, 3.05) is 26.5 Å². The molecular weight excluding hydrogens is 1120 g/mol. The van der Waals surface area contributed by atoms with Gasteiger partial charge in [0.15, 0.2) is 19.1 Å². The number of aliphatic hydroxyl groups is 1. The summed E-state index contributed by atoms with van der Waals surface area (Å²) in [5.41, 5.74) is 0. The summed E-state index contributed by atoms with van der Waals surface area (Å²) in [6, 6.07) is -2.15. The van der Waals surface area contributed by atoms with E-state index in [1.807, 2.05) is 6.92 Å². The molecule has 2 heterocycles. The number of hydrogen-bond acceptors (Lipinski definition) is 13. The fourth-order valence-corrected chi connectivity index (χ4v) is 12.6. The van der Waals surface area contributed by atoms with Crippen LogP contribution < -0.4 is 10.6 Å². The van der Waals surface area contributed by atoms with E-state index in [1.165, 1.54) is 135 Å². The zero-order chi connectivity index (χ0) is 62.1. The number of carbonyl (C=O) groups is 3. The van der Waals surface area contributed by atoms with E-state index in [2.05, 4.69) is 57.4 Å². The van der Waals surface area contributed by atoms with Gasteiger partial charge in [-0.2, -0.15) is 0 Å². The molecule has 2 saturated heterocycles. The quantitative estimate of drug-likeness (QED) is 0.0193. The highest BCUT2D eigenvalue weighted by Crippen LogP contribution is 2.36. The average molecular weight is 1250 g/mol. The number of carbonyl (C=O) groups excluding carboxylic acids is 3. The second kappa shape index (κ2) is 52.9. The van der Waals surface area contributed by atoms with Gasteiger partial charge in [-0.3, -0.25) is 14.4 Å². The summed E-state index contributed by atoms with van der Waals surface area (Å²) in [5.74, 6) is -0.677. The number of rotatable bonds is 57. The number of hydrogen-bond donors (Lipinski definition) is 4. The van der Waals surface area contributed by atoms with Crippen molar-refractivity contribution in [3.63, 3.8) is 0 Å². The molecule has 0 radical (unpaired) electrons. The number of amides is 2. The molecular formula is C67H126N2O14P2+2. The molecule has 2 amide bonds. The van der Waals surface area contributed by atoms with Crippen molar-refractivity contribution in [3.8, 4) is 0 Å². The maximum atomic E-state index is 14.1. The summed E-state index contributed by atoms with van der Waals surface area (Å²) in [4.78, 5) is 51.2. The van der Waals surface area contributed by atoms with Gasteiger partial charge >= 0.3 is 16.3 Å². The lowest BCUT2D eigenvalue weighted by Gasteiger charge is -2.46. The summed E-state index contributed by atoms with van der Waals surface area (Å²) < 4.78 is 69.8. The maximum Gasteiger partial charge on any atom is 0.695 e. The maximum absolute atomic E-state index is 14.1. The Morgan fingerprint density at radius 2 is 0.965 bits per heavy atom. The van der Waals surface area contributed by atoms with E-state index < -0.39 is 83.5 Å². The first kappa shape index (κ1) is 79.3. The number of nitrogens with one attached hydrogen (secondary N) is 2. The van der Waals surface area contributed by atoms with E-state index in [1.54, 1.807) is 0 Å². The molecule has 4 N–H and O–H groups in total. The van der Waals surface area contributed by atoms with E-state index in [4.69, 9.17) is 32.7 Å². The molecule has 0 aromatic heterocycles. The summed E-state index contributed by atoms with van der Waals surface area (Å²) in [7, 11) is -5.41. The van der Waals surface area contributed by atoms with Crippen molar-refractivity contribution in [1.82, 2.24) is 10.6 Å². The van der Waals surface area contributed by atoms with Crippen LogP contribution in [-0.2, 0) is 56.2 Å². The number of allylic oxidation sites excluding steroid dienone is 2. The molecule has 13 atom stereocenters. The van der Waals surface area contributed by atoms with E-state index in [0.717, 1.165) is 89.9 Å². The Hall–Kier alpha value is -1.81. The molecule has 2 fully saturated rings. The van der Waals surface area contributed by atoms with Crippen molar-refractivity contribution in [2.45, 2.75) is 366 Å². The lowest BCUT2D eigenvalue weighted by molar-refractivity contribution is -0.295. The summed E-state index contributed by atoms with van der Waals surface area (Å²) >= 11 is 0. The summed E-state index contributed by atoms with van der Waals surface area (Å²) in [6.45, 7) is 14.5. The zero-order valence-corrected chi connectivity index (χ0v) is 56.6. The molecule has 0 aromatic carbocycles. The highest BCUT2D eigenvalue weighted by atomic mass is 31.1. The summed E-state index contributed by atoms with van der Waals surface area (Å²) in [5, 5.41) is 18.3. The van der Waals surface area contributed by atoms with E-state index in [-0.39, 0.29) is 44.2 Å². The van der Waals surface area contributed by atoms with Crippen LogP contribution >= 0.6 is 16.3 Å². The third-order valence-electron chi connectivity index (χ3n) is 16.9. The Bertz CT molecular complexity index is 1730. The Morgan fingerprint density at radius 1 is 0.506 bits per heavy atom. The Kier molecular flexibility index (Phi) is 49.4. The molecule has 18 heteroatoms. The Balaban J connectivity index is 2.34. The molecule has 0 aliphatic carbocycles. The first-order valence-electron chi connectivity index (χ1n) is 34.8. The van der Waals surface area contributed by atoms with Gasteiger partial charge in [0.1, 0.15) is 42.3 Å². The third kappa shape index (κ3) is 38.5. The van der Waals surface area contributed by atoms with Crippen LogP contribution in [0.25, 0.3) is 0 Å². The highest BCUT2D eigenvalue weighted by molar-refractivity contribution is 7.38. The van der Waals surface area contributed by atoms with Crippen molar-refractivity contribution in [3.05, 3.63) is 12.2 Å². The first-order chi connectivity index (χ1) is 41.3. The van der Waals surface area contributed by atoms with Gasteiger partial charge < -0.3 is 39.4 Å². The smallest absolute Gasteiger partial charge is 0.388 e. The van der Waals surface area contributed by atoms with E-state index in [9.17, 15) is 33.5 Å². The molecule has 0 saturated carbocycles. The molecule has 16 nitrogen and oxygen atoms in total. The number of unbranched alkanes of at least 4 members (excludes halogenated alkanes) is 30. The monoisotopic (exact) mass is 1240 g/mol. The van der Waals surface area contributed by atoms with Crippen LogP contribution in [-0.4, -0.2) is 115 Å². The minimum atomic E-state index is -3.10. The SMILES string of the molecule is CCCCCC/C=C\CCCCCCCCCC(=O)NC1C(OCC2OC(O[P+](C)=O)C(NC(=O)CC(=O)CCCCCCCCCCC)C(OCCCCCCCCCC)C2O)OC(CC)C(O[P+](=O)O)C1OCCC(C)CCCCCCC. The van der Waals surface area contributed by atoms with Gasteiger partial charge in [-0.1, -0.05) is 240 Å².